The van der Waals surface area contributed by atoms with Crippen molar-refractivity contribution in [2.75, 3.05) is 7.11 Å². The number of carbonyl (C=O) groups is 2. The molecule has 0 saturated carbocycles. The lowest BCUT2D eigenvalue weighted by molar-refractivity contribution is -0.142. The van der Waals surface area contributed by atoms with Crippen molar-refractivity contribution in [3.8, 4) is 5.75 Å². The second kappa shape index (κ2) is 8.24. The van der Waals surface area contributed by atoms with Crippen molar-refractivity contribution in [1.29, 1.82) is 0 Å². The van der Waals surface area contributed by atoms with Crippen molar-refractivity contribution in [2.45, 2.75) is 38.6 Å². The first-order valence-electron chi connectivity index (χ1n) is 6.82. The molecule has 0 bridgehead atoms. The number of hydrogen-bond donors (Lipinski definition) is 2. The highest BCUT2D eigenvalue weighted by Gasteiger charge is 2.19. The minimum atomic E-state index is -1.06. The molecule has 6 heteroatoms. The fourth-order valence-corrected chi connectivity index (χ4v) is 1.92. The van der Waals surface area contributed by atoms with Crippen molar-refractivity contribution < 1.29 is 23.8 Å². The van der Waals surface area contributed by atoms with E-state index in [2.05, 4.69) is 5.32 Å². The lowest BCUT2D eigenvalue weighted by Gasteiger charge is -2.14. The highest BCUT2D eigenvalue weighted by Crippen LogP contribution is 2.18. The number of unbranched alkanes of at least 4 members (excludes halogenated alkanes) is 1. The Morgan fingerprint density at radius 2 is 2.14 bits per heavy atom. The molecule has 0 aromatic heterocycles. The van der Waals surface area contributed by atoms with Gasteiger partial charge in [0.1, 0.15) is 6.04 Å². The SMILES string of the molecule is CCCCC(NC(=O)Cc1ccc(OC)c(F)c1)C(=O)O. The number of aliphatic carboxylic acids is 1. The largest absolute Gasteiger partial charge is 0.494 e. The highest BCUT2D eigenvalue weighted by atomic mass is 19.1. The molecule has 0 fully saturated rings. The number of carboxylic acid groups (broad SMARTS) is 1. The molecule has 0 aliphatic carbocycles. The summed E-state index contributed by atoms with van der Waals surface area (Å²) in [7, 11) is 1.36. The minimum absolute atomic E-state index is 0.0726. The molecular weight excluding hydrogens is 277 g/mol. The molecule has 0 heterocycles. The normalized spacial score (nSPS) is 11.8. The number of halogens is 1. The molecule has 0 aliphatic heterocycles. The third-order valence-electron chi connectivity index (χ3n) is 3.06. The Morgan fingerprint density at radius 3 is 2.67 bits per heavy atom. The summed E-state index contributed by atoms with van der Waals surface area (Å²) in [4.78, 5) is 22.9. The van der Waals surface area contributed by atoms with Gasteiger partial charge in [-0.15, -0.1) is 0 Å². The number of rotatable bonds is 8. The molecule has 2 N–H and O–H groups in total. The molecule has 1 unspecified atom stereocenters. The van der Waals surface area contributed by atoms with Gasteiger partial charge in [-0.25, -0.2) is 9.18 Å². The Hall–Kier alpha value is -2.11. The van der Waals surface area contributed by atoms with E-state index in [9.17, 15) is 14.0 Å². The number of methoxy groups -OCH3 is 1. The summed E-state index contributed by atoms with van der Waals surface area (Å²) in [5.74, 6) is -1.95. The maximum atomic E-state index is 13.5. The molecule has 0 aliphatic rings. The monoisotopic (exact) mass is 297 g/mol. The average Bonchev–Trinajstić information content (AvgIpc) is 2.43. The van der Waals surface area contributed by atoms with Gasteiger partial charge in [0.15, 0.2) is 11.6 Å². The van der Waals surface area contributed by atoms with E-state index in [0.717, 1.165) is 6.42 Å². The minimum Gasteiger partial charge on any atom is -0.494 e. The van der Waals surface area contributed by atoms with Gasteiger partial charge in [-0.2, -0.15) is 0 Å². The quantitative estimate of drug-likeness (QED) is 0.771. The molecular formula is C15H20FNO4. The standard InChI is InChI=1S/C15H20FNO4/c1-3-4-5-12(15(19)20)17-14(18)9-10-6-7-13(21-2)11(16)8-10/h6-8,12H,3-5,9H2,1-2H3,(H,17,18)(H,19,20). The summed E-state index contributed by atoms with van der Waals surface area (Å²) in [5.41, 5.74) is 0.463. The molecule has 21 heavy (non-hydrogen) atoms. The second-order valence-electron chi connectivity index (χ2n) is 4.75. The van der Waals surface area contributed by atoms with E-state index in [4.69, 9.17) is 9.84 Å². The van der Waals surface area contributed by atoms with Gasteiger partial charge in [-0.3, -0.25) is 4.79 Å². The van der Waals surface area contributed by atoms with Crippen LogP contribution in [0.5, 0.6) is 5.75 Å². The number of hydrogen-bond acceptors (Lipinski definition) is 3. The third-order valence-corrected chi connectivity index (χ3v) is 3.06. The Bertz CT molecular complexity index is 504. The zero-order valence-corrected chi connectivity index (χ0v) is 12.2. The first-order valence-corrected chi connectivity index (χ1v) is 6.82. The summed E-state index contributed by atoms with van der Waals surface area (Å²) in [5, 5.41) is 11.5. The molecule has 1 aromatic carbocycles. The molecule has 1 aromatic rings. The fraction of sp³-hybridized carbons (Fsp3) is 0.467. The fourth-order valence-electron chi connectivity index (χ4n) is 1.92. The van der Waals surface area contributed by atoms with Gasteiger partial charge in [0, 0.05) is 0 Å². The van der Waals surface area contributed by atoms with Gasteiger partial charge < -0.3 is 15.2 Å². The molecule has 1 rings (SSSR count). The van der Waals surface area contributed by atoms with Crippen LogP contribution in [0.15, 0.2) is 18.2 Å². The van der Waals surface area contributed by atoms with Crippen LogP contribution in [-0.4, -0.2) is 30.1 Å². The lowest BCUT2D eigenvalue weighted by Crippen LogP contribution is -2.41. The number of nitrogens with one attached hydrogen (secondary N) is 1. The van der Waals surface area contributed by atoms with Gasteiger partial charge in [0.25, 0.3) is 0 Å². The van der Waals surface area contributed by atoms with Crippen LogP contribution < -0.4 is 10.1 Å². The predicted octanol–water partition coefficient (Wildman–Crippen LogP) is 2.14. The van der Waals surface area contributed by atoms with Crippen molar-refractivity contribution in [1.82, 2.24) is 5.32 Å². The zero-order chi connectivity index (χ0) is 15.8. The van der Waals surface area contributed by atoms with Crippen LogP contribution in [0.25, 0.3) is 0 Å². The Balaban J connectivity index is 2.63. The van der Waals surface area contributed by atoms with Crippen molar-refractivity contribution >= 4 is 11.9 Å². The van der Waals surface area contributed by atoms with Gasteiger partial charge in [-0.05, 0) is 24.1 Å². The molecule has 1 atom stereocenters. The zero-order valence-electron chi connectivity index (χ0n) is 12.2. The van der Waals surface area contributed by atoms with Crippen molar-refractivity contribution in [2.24, 2.45) is 0 Å². The van der Waals surface area contributed by atoms with Gasteiger partial charge in [-0.1, -0.05) is 25.8 Å². The number of benzene rings is 1. The van der Waals surface area contributed by atoms with Crippen LogP contribution in [0.2, 0.25) is 0 Å². The van der Waals surface area contributed by atoms with Crippen LogP contribution >= 0.6 is 0 Å². The molecule has 0 radical (unpaired) electrons. The van der Waals surface area contributed by atoms with E-state index in [1.54, 1.807) is 6.07 Å². The summed E-state index contributed by atoms with van der Waals surface area (Å²) in [6.45, 7) is 1.95. The van der Waals surface area contributed by atoms with E-state index >= 15 is 0 Å². The molecule has 0 spiro atoms. The number of carboxylic acids is 1. The van der Waals surface area contributed by atoms with E-state index in [0.29, 0.717) is 18.4 Å². The first kappa shape index (κ1) is 16.9. The van der Waals surface area contributed by atoms with E-state index in [-0.39, 0.29) is 12.2 Å². The second-order valence-corrected chi connectivity index (χ2v) is 4.75. The lowest BCUT2D eigenvalue weighted by atomic mass is 10.1. The van der Waals surface area contributed by atoms with Crippen LogP contribution in [0.4, 0.5) is 4.39 Å². The maximum absolute atomic E-state index is 13.5. The average molecular weight is 297 g/mol. The van der Waals surface area contributed by atoms with Gasteiger partial charge >= 0.3 is 5.97 Å². The van der Waals surface area contributed by atoms with Crippen LogP contribution in [0, 0.1) is 5.82 Å². The Labute approximate surface area is 123 Å². The Kier molecular flexibility index (Phi) is 6.65. The van der Waals surface area contributed by atoms with Crippen LogP contribution in [0.1, 0.15) is 31.7 Å². The summed E-state index contributed by atoms with van der Waals surface area (Å²) in [6, 6.07) is 3.31. The van der Waals surface area contributed by atoms with E-state index < -0.39 is 23.7 Å². The van der Waals surface area contributed by atoms with Crippen LogP contribution in [-0.2, 0) is 16.0 Å². The number of ether oxygens (including phenoxy) is 1. The Morgan fingerprint density at radius 1 is 1.43 bits per heavy atom. The smallest absolute Gasteiger partial charge is 0.326 e. The molecule has 1 amide bonds. The number of carbonyl (C=O) groups excluding carboxylic acids is 1. The maximum Gasteiger partial charge on any atom is 0.326 e. The van der Waals surface area contributed by atoms with Gasteiger partial charge in [0.05, 0.1) is 13.5 Å². The van der Waals surface area contributed by atoms with Gasteiger partial charge in [0.2, 0.25) is 5.91 Å². The summed E-state index contributed by atoms with van der Waals surface area (Å²) < 4.78 is 18.3. The molecule has 5 nitrogen and oxygen atoms in total. The van der Waals surface area contributed by atoms with Crippen molar-refractivity contribution in [3.63, 3.8) is 0 Å². The molecule has 0 saturated heterocycles. The van der Waals surface area contributed by atoms with Crippen LogP contribution in [0.3, 0.4) is 0 Å². The first-order chi connectivity index (χ1) is 9.97. The highest BCUT2D eigenvalue weighted by molar-refractivity contribution is 5.84. The summed E-state index contributed by atoms with van der Waals surface area (Å²) >= 11 is 0. The molecule has 116 valence electrons. The van der Waals surface area contributed by atoms with E-state index in [1.165, 1.54) is 19.2 Å². The van der Waals surface area contributed by atoms with E-state index in [1.807, 2.05) is 6.92 Å². The topological polar surface area (TPSA) is 75.6 Å². The van der Waals surface area contributed by atoms with Crippen molar-refractivity contribution in [3.05, 3.63) is 29.6 Å². The summed E-state index contributed by atoms with van der Waals surface area (Å²) in [6.07, 6.45) is 1.88. The third kappa shape index (κ3) is 5.41. The predicted molar refractivity (Wildman–Crippen MR) is 75.7 cm³/mol. The number of amides is 1.